The Balaban J connectivity index is 0. The van der Waals surface area contributed by atoms with Crippen LogP contribution in [0.3, 0.4) is 0 Å². The fraction of sp³-hybridized carbons (Fsp3) is 0.200. The molecular formula is C5H7N2NaO2S. The summed E-state index contributed by atoms with van der Waals surface area (Å²) in [5, 5.41) is 10.4. The van der Waals surface area contributed by atoms with Gasteiger partial charge in [-0.1, -0.05) is 0 Å². The van der Waals surface area contributed by atoms with Crippen LogP contribution in [-0.2, 0) is 11.2 Å². The predicted molar refractivity (Wildman–Crippen MR) is 39.0 cm³/mol. The Morgan fingerprint density at radius 2 is 2.55 bits per heavy atom. The molecule has 0 saturated carbocycles. The second-order valence-corrected chi connectivity index (χ2v) is 2.64. The molecule has 0 spiro atoms. The summed E-state index contributed by atoms with van der Waals surface area (Å²) in [4.78, 5) is 13.9. The second-order valence-electron chi connectivity index (χ2n) is 1.75. The van der Waals surface area contributed by atoms with Crippen LogP contribution >= 0.6 is 11.3 Å². The van der Waals surface area contributed by atoms with E-state index in [9.17, 15) is 4.79 Å². The van der Waals surface area contributed by atoms with E-state index in [-0.39, 0.29) is 37.4 Å². The number of thiazole rings is 1. The molecule has 3 N–H and O–H groups in total. The van der Waals surface area contributed by atoms with Crippen LogP contribution in [0.5, 0.6) is 0 Å². The molecule has 1 aromatic rings. The predicted octanol–water partition coefficient (Wildman–Crippen LogP) is -2.53. The Bertz CT molecular complexity index is 255. The second kappa shape index (κ2) is 4.71. The first-order valence-corrected chi connectivity index (χ1v) is 3.48. The van der Waals surface area contributed by atoms with Crippen molar-refractivity contribution in [1.29, 1.82) is 0 Å². The van der Waals surface area contributed by atoms with Gasteiger partial charge in [-0.25, -0.2) is 4.98 Å². The van der Waals surface area contributed by atoms with Crippen molar-refractivity contribution >= 4 is 22.4 Å². The SMILES string of the molecule is Nc1nc(CC(=O)O)cs1.[H-].[Na+]. The van der Waals surface area contributed by atoms with E-state index in [1.165, 1.54) is 11.3 Å². The van der Waals surface area contributed by atoms with Crippen LogP contribution in [0, 0.1) is 0 Å². The van der Waals surface area contributed by atoms with Crippen LogP contribution in [-0.4, -0.2) is 16.1 Å². The fourth-order valence-corrected chi connectivity index (χ4v) is 1.12. The largest absolute Gasteiger partial charge is 1.00 e. The Morgan fingerprint density at radius 3 is 2.91 bits per heavy atom. The summed E-state index contributed by atoms with van der Waals surface area (Å²) < 4.78 is 0. The molecule has 0 amide bonds. The van der Waals surface area contributed by atoms with E-state index < -0.39 is 5.97 Å². The van der Waals surface area contributed by atoms with Gasteiger partial charge in [-0.15, -0.1) is 11.3 Å². The van der Waals surface area contributed by atoms with Crippen molar-refractivity contribution in [3.8, 4) is 0 Å². The number of carbonyl (C=O) groups is 1. The van der Waals surface area contributed by atoms with Gasteiger partial charge >= 0.3 is 35.5 Å². The standard InChI is InChI=1S/C5H6N2O2S.Na.H/c6-5-7-3(2-10-5)1-4(8)9;;/h2H,1H2,(H2,6,7)(H,8,9);;/q;+1;-1. The molecule has 1 aromatic heterocycles. The maximum atomic E-state index is 10.1. The number of nitrogens with zero attached hydrogens (tertiary/aromatic N) is 1. The average molecular weight is 182 g/mol. The van der Waals surface area contributed by atoms with Crippen molar-refractivity contribution in [1.82, 2.24) is 4.98 Å². The molecule has 56 valence electrons. The molecule has 0 atom stereocenters. The Hall–Kier alpha value is -0.1000. The molecule has 0 aliphatic heterocycles. The summed E-state index contributed by atoms with van der Waals surface area (Å²) in [6.45, 7) is 0. The van der Waals surface area contributed by atoms with Gasteiger partial charge in [-0.3, -0.25) is 4.79 Å². The van der Waals surface area contributed by atoms with E-state index >= 15 is 0 Å². The maximum Gasteiger partial charge on any atom is 1.00 e. The number of nitrogen functional groups attached to an aromatic ring is 1. The van der Waals surface area contributed by atoms with Crippen molar-refractivity contribution in [2.75, 3.05) is 5.73 Å². The summed E-state index contributed by atoms with van der Waals surface area (Å²) in [5.74, 6) is -0.884. The molecule has 0 aliphatic rings. The van der Waals surface area contributed by atoms with Crippen molar-refractivity contribution < 1.29 is 40.9 Å². The molecule has 0 aromatic carbocycles. The first-order chi connectivity index (χ1) is 4.68. The molecule has 0 fully saturated rings. The number of carboxylic acid groups (broad SMARTS) is 1. The zero-order chi connectivity index (χ0) is 7.56. The van der Waals surface area contributed by atoms with E-state index in [1.807, 2.05) is 0 Å². The molecule has 1 heterocycles. The molecule has 6 heteroatoms. The van der Waals surface area contributed by atoms with Gasteiger partial charge in [-0.2, -0.15) is 0 Å². The summed E-state index contributed by atoms with van der Waals surface area (Å²) >= 11 is 1.25. The molecule has 4 nitrogen and oxygen atoms in total. The van der Waals surface area contributed by atoms with Gasteiger partial charge in [0, 0.05) is 5.38 Å². The summed E-state index contributed by atoms with van der Waals surface area (Å²) in [6.07, 6.45) is -0.0479. The normalized spacial score (nSPS) is 8.73. The molecule has 0 bridgehead atoms. The van der Waals surface area contributed by atoms with E-state index in [0.29, 0.717) is 10.8 Å². The third-order valence-electron chi connectivity index (χ3n) is 0.902. The fourth-order valence-electron chi connectivity index (χ4n) is 0.559. The van der Waals surface area contributed by atoms with Crippen LogP contribution < -0.4 is 35.3 Å². The number of aromatic nitrogens is 1. The van der Waals surface area contributed by atoms with E-state index in [1.54, 1.807) is 5.38 Å². The summed E-state index contributed by atoms with van der Waals surface area (Å²) in [7, 11) is 0. The van der Waals surface area contributed by atoms with Gasteiger partial charge in [0.1, 0.15) is 0 Å². The monoisotopic (exact) mass is 182 g/mol. The van der Waals surface area contributed by atoms with Gasteiger partial charge in [0.2, 0.25) is 0 Å². The minimum absolute atomic E-state index is 0. The molecule has 0 radical (unpaired) electrons. The zero-order valence-corrected chi connectivity index (χ0v) is 8.89. The van der Waals surface area contributed by atoms with Crippen molar-refractivity contribution in [2.45, 2.75) is 6.42 Å². The zero-order valence-electron chi connectivity index (χ0n) is 7.07. The van der Waals surface area contributed by atoms with Crippen molar-refractivity contribution in [3.05, 3.63) is 11.1 Å². The molecule has 1 rings (SSSR count). The number of hydrogen-bond donors (Lipinski definition) is 2. The smallest absolute Gasteiger partial charge is 1.00 e. The Morgan fingerprint density at radius 1 is 1.91 bits per heavy atom. The maximum absolute atomic E-state index is 10.1. The summed E-state index contributed by atoms with van der Waals surface area (Å²) in [5.41, 5.74) is 5.79. The first-order valence-electron chi connectivity index (χ1n) is 2.60. The molecule has 0 saturated heterocycles. The number of aliphatic carboxylic acids is 1. The van der Waals surface area contributed by atoms with Gasteiger partial charge in [0.25, 0.3) is 0 Å². The van der Waals surface area contributed by atoms with Crippen molar-refractivity contribution in [2.24, 2.45) is 0 Å². The summed E-state index contributed by atoms with van der Waals surface area (Å²) in [6, 6.07) is 0. The van der Waals surface area contributed by atoms with Gasteiger partial charge in [-0.05, 0) is 0 Å². The number of carboxylic acids is 1. The quantitative estimate of drug-likeness (QED) is 0.494. The van der Waals surface area contributed by atoms with E-state index in [4.69, 9.17) is 10.8 Å². The number of hydrogen-bond acceptors (Lipinski definition) is 4. The third kappa shape index (κ3) is 3.71. The van der Waals surface area contributed by atoms with E-state index in [0.717, 1.165) is 0 Å². The molecular weight excluding hydrogens is 175 g/mol. The van der Waals surface area contributed by atoms with Gasteiger partial charge < -0.3 is 12.3 Å². The Labute approximate surface area is 91.2 Å². The molecule has 0 aliphatic carbocycles. The first kappa shape index (κ1) is 10.9. The van der Waals surface area contributed by atoms with Crippen LogP contribution in [0.4, 0.5) is 5.13 Å². The van der Waals surface area contributed by atoms with Crippen molar-refractivity contribution in [3.63, 3.8) is 0 Å². The van der Waals surface area contributed by atoms with Crippen LogP contribution in [0.2, 0.25) is 0 Å². The minimum atomic E-state index is -0.884. The average Bonchev–Trinajstić information content (AvgIpc) is 2.13. The topological polar surface area (TPSA) is 76.2 Å². The molecule has 11 heavy (non-hydrogen) atoms. The van der Waals surface area contributed by atoms with Gasteiger partial charge in [0.15, 0.2) is 5.13 Å². The van der Waals surface area contributed by atoms with Crippen LogP contribution in [0.15, 0.2) is 5.38 Å². The van der Waals surface area contributed by atoms with E-state index in [2.05, 4.69) is 4.98 Å². The molecule has 0 unspecified atom stereocenters. The van der Waals surface area contributed by atoms with Gasteiger partial charge in [0.05, 0.1) is 12.1 Å². The van der Waals surface area contributed by atoms with Crippen LogP contribution in [0.1, 0.15) is 7.12 Å². The minimum Gasteiger partial charge on any atom is -1.00 e. The number of nitrogens with two attached hydrogens (primary N) is 1. The Kier molecular flexibility index (Phi) is 4.67. The number of rotatable bonds is 2. The number of anilines is 1. The third-order valence-corrected chi connectivity index (χ3v) is 1.62. The van der Waals surface area contributed by atoms with Crippen LogP contribution in [0.25, 0.3) is 0 Å².